The van der Waals surface area contributed by atoms with Crippen LogP contribution in [0.3, 0.4) is 0 Å². The Balaban J connectivity index is 1.63. The second kappa shape index (κ2) is 6.70. The van der Waals surface area contributed by atoms with Gasteiger partial charge < -0.3 is 11.1 Å². The molecular weight excluding hydrogens is 240 g/mol. The summed E-state index contributed by atoms with van der Waals surface area (Å²) in [6.07, 6.45) is 9.77. The fourth-order valence-electron chi connectivity index (χ4n) is 2.72. The Hall–Kier alpha value is -1.36. The van der Waals surface area contributed by atoms with Crippen LogP contribution in [0.25, 0.3) is 0 Å². The molecule has 5 heteroatoms. The summed E-state index contributed by atoms with van der Waals surface area (Å²) >= 11 is 0. The van der Waals surface area contributed by atoms with Crippen molar-refractivity contribution in [2.45, 2.75) is 44.6 Å². The normalized spacial score (nSPS) is 23.3. The zero-order chi connectivity index (χ0) is 13.7. The number of hydrogen-bond acceptors (Lipinski definition) is 3. The van der Waals surface area contributed by atoms with Crippen molar-refractivity contribution in [1.29, 1.82) is 0 Å². The first-order valence-electron chi connectivity index (χ1n) is 7.16. The van der Waals surface area contributed by atoms with Gasteiger partial charge in [-0.15, -0.1) is 0 Å². The number of hydrogen-bond donors (Lipinski definition) is 2. The van der Waals surface area contributed by atoms with Crippen LogP contribution in [0.4, 0.5) is 0 Å². The number of aryl methyl sites for hydroxylation is 2. The SMILES string of the molecule is Cn1cc(CCCNC(=O)C2CCCC(N)C2)cn1. The van der Waals surface area contributed by atoms with Gasteiger partial charge in [0.25, 0.3) is 0 Å². The molecule has 1 amide bonds. The van der Waals surface area contributed by atoms with E-state index in [1.165, 1.54) is 5.56 Å². The molecular formula is C14H24N4O. The number of rotatable bonds is 5. The quantitative estimate of drug-likeness (QED) is 0.779. The summed E-state index contributed by atoms with van der Waals surface area (Å²) in [5.41, 5.74) is 7.13. The first-order valence-corrected chi connectivity index (χ1v) is 7.16. The van der Waals surface area contributed by atoms with E-state index in [1.54, 1.807) is 4.68 Å². The summed E-state index contributed by atoms with van der Waals surface area (Å²) in [6, 6.07) is 0.208. The molecule has 0 saturated heterocycles. The maximum Gasteiger partial charge on any atom is 0.223 e. The number of amides is 1. The molecule has 2 atom stereocenters. The Morgan fingerprint density at radius 2 is 2.42 bits per heavy atom. The molecule has 0 aromatic carbocycles. The minimum absolute atomic E-state index is 0.127. The molecule has 0 radical (unpaired) electrons. The lowest BCUT2D eigenvalue weighted by molar-refractivity contribution is -0.126. The summed E-state index contributed by atoms with van der Waals surface area (Å²) in [4.78, 5) is 12.0. The van der Waals surface area contributed by atoms with Gasteiger partial charge in [0.05, 0.1) is 6.20 Å². The van der Waals surface area contributed by atoms with Crippen LogP contribution < -0.4 is 11.1 Å². The average molecular weight is 264 g/mol. The molecule has 0 aliphatic heterocycles. The molecule has 0 spiro atoms. The zero-order valence-electron chi connectivity index (χ0n) is 11.6. The van der Waals surface area contributed by atoms with E-state index in [0.717, 1.165) is 45.1 Å². The third-order valence-corrected chi connectivity index (χ3v) is 3.79. The first kappa shape index (κ1) is 14.1. The number of carbonyl (C=O) groups is 1. The van der Waals surface area contributed by atoms with Gasteiger partial charge in [0.2, 0.25) is 5.91 Å². The first-order chi connectivity index (χ1) is 9.15. The summed E-state index contributed by atoms with van der Waals surface area (Å²) in [6.45, 7) is 0.736. The Kier molecular flexibility index (Phi) is 4.96. The molecule has 3 N–H and O–H groups in total. The van der Waals surface area contributed by atoms with E-state index in [2.05, 4.69) is 10.4 Å². The molecule has 2 rings (SSSR count). The lowest BCUT2D eigenvalue weighted by Crippen LogP contribution is -2.38. The number of carbonyl (C=O) groups excluding carboxylic acids is 1. The second-order valence-corrected chi connectivity index (χ2v) is 5.54. The van der Waals surface area contributed by atoms with Crippen molar-refractivity contribution >= 4 is 5.91 Å². The molecule has 1 heterocycles. The molecule has 1 aromatic rings. The minimum atomic E-state index is 0.127. The van der Waals surface area contributed by atoms with E-state index in [0.29, 0.717) is 0 Å². The van der Waals surface area contributed by atoms with Gasteiger partial charge in [0, 0.05) is 31.7 Å². The van der Waals surface area contributed by atoms with Gasteiger partial charge in [-0.2, -0.15) is 5.10 Å². The second-order valence-electron chi connectivity index (χ2n) is 5.54. The van der Waals surface area contributed by atoms with Crippen LogP contribution in [0, 0.1) is 5.92 Å². The predicted molar refractivity (Wildman–Crippen MR) is 74.5 cm³/mol. The summed E-state index contributed by atoms with van der Waals surface area (Å²) in [7, 11) is 1.91. The van der Waals surface area contributed by atoms with E-state index in [-0.39, 0.29) is 17.9 Å². The van der Waals surface area contributed by atoms with Gasteiger partial charge in [-0.25, -0.2) is 0 Å². The Labute approximate surface area is 114 Å². The third kappa shape index (κ3) is 4.35. The summed E-state index contributed by atoms with van der Waals surface area (Å²) in [5, 5.41) is 7.16. The highest BCUT2D eigenvalue weighted by molar-refractivity contribution is 5.78. The van der Waals surface area contributed by atoms with E-state index in [1.807, 2.05) is 19.4 Å². The third-order valence-electron chi connectivity index (χ3n) is 3.79. The fourth-order valence-corrected chi connectivity index (χ4v) is 2.72. The summed E-state index contributed by atoms with van der Waals surface area (Å²) < 4.78 is 1.80. The predicted octanol–water partition coefficient (Wildman–Crippen LogP) is 0.986. The molecule has 1 fully saturated rings. The van der Waals surface area contributed by atoms with Gasteiger partial charge in [0.15, 0.2) is 0 Å². The van der Waals surface area contributed by atoms with Gasteiger partial charge in [-0.3, -0.25) is 9.48 Å². The minimum Gasteiger partial charge on any atom is -0.356 e. The lowest BCUT2D eigenvalue weighted by atomic mass is 9.85. The Bertz CT molecular complexity index is 415. The maximum atomic E-state index is 12.0. The van der Waals surface area contributed by atoms with Crippen molar-refractivity contribution in [2.75, 3.05) is 6.54 Å². The standard InChI is InChI=1S/C14H24N4O/c1-18-10-11(9-17-18)4-3-7-16-14(19)12-5-2-6-13(15)8-12/h9-10,12-13H,2-8,15H2,1H3,(H,16,19). The van der Waals surface area contributed by atoms with Crippen LogP contribution in [0.2, 0.25) is 0 Å². The number of aromatic nitrogens is 2. The number of nitrogens with one attached hydrogen (secondary N) is 1. The Morgan fingerprint density at radius 1 is 1.58 bits per heavy atom. The van der Waals surface area contributed by atoms with Gasteiger partial charge in [0.1, 0.15) is 0 Å². The molecule has 1 aliphatic carbocycles. The molecule has 1 aromatic heterocycles. The highest BCUT2D eigenvalue weighted by Crippen LogP contribution is 2.23. The van der Waals surface area contributed by atoms with Gasteiger partial charge >= 0.3 is 0 Å². The van der Waals surface area contributed by atoms with Crippen molar-refractivity contribution in [3.63, 3.8) is 0 Å². The van der Waals surface area contributed by atoms with E-state index < -0.39 is 0 Å². The van der Waals surface area contributed by atoms with Crippen molar-refractivity contribution in [3.8, 4) is 0 Å². The van der Waals surface area contributed by atoms with Crippen LogP contribution in [-0.2, 0) is 18.3 Å². The molecule has 5 nitrogen and oxygen atoms in total. The maximum absolute atomic E-state index is 12.0. The highest BCUT2D eigenvalue weighted by atomic mass is 16.1. The van der Waals surface area contributed by atoms with Crippen molar-refractivity contribution in [2.24, 2.45) is 18.7 Å². The molecule has 1 saturated carbocycles. The van der Waals surface area contributed by atoms with Crippen molar-refractivity contribution < 1.29 is 4.79 Å². The molecule has 19 heavy (non-hydrogen) atoms. The fraction of sp³-hybridized carbons (Fsp3) is 0.714. The monoisotopic (exact) mass is 264 g/mol. The van der Waals surface area contributed by atoms with Crippen molar-refractivity contribution in [3.05, 3.63) is 18.0 Å². The van der Waals surface area contributed by atoms with Crippen molar-refractivity contribution in [1.82, 2.24) is 15.1 Å². The largest absolute Gasteiger partial charge is 0.356 e. The van der Waals surface area contributed by atoms with E-state index in [9.17, 15) is 4.79 Å². The molecule has 0 bridgehead atoms. The van der Waals surface area contributed by atoms with E-state index in [4.69, 9.17) is 5.73 Å². The molecule has 106 valence electrons. The molecule has 2 unspecified atom stereocenters. The van der Waals surface area contributed by atoms with Crippen LogP contribution in [0.15, 0.2) is 12.4 Å². The van der Waals surface area contributed by atoms with Crippen LogP contribution in [0.1, 0.15) is 37.7 Å². The number of nitrogens with two attached hydrogens (primary N) is 1. The average Bonchev–Trinajstić information content (AvgIpc) is 2.80. The Morgan fingerprint density at radius 3 is 3.11 bits per heavy atom. The topological polar surface area (TPSA) is 72.9 Å². The lowest BCUT2D eigenvalue weighted by Gasteiger charge is -2.25. The smallest absolute Gasteiger partial charge is 0.223 e. The zero-order valence-corrected chi connectivity index (χ0v) is 11.6. The van der Waals surface area contributed by atoms with Gasteiger partial charge in [-0.05, 0) is 37.7 Å². The van der Waals surface area contributed by atoms with Crippen LogP contribution >= 0.6 is 0 Å². The molecule has 1 aliphatic rings. The van der Waals surface area contributed by atoms with Gasteiger partial charge in [-0.1, -0.05) is 6.42 Å². The van der Waals surface area contributed by atoms with Crippen LogP contribution in [-0.4, -0.2) is 28.3 Å². The highest BCUT2D eigenvalue weighted by Gasteiger charge is 2.24. The van der Waals surface area contributed by atoms with Crippen LogP contribution in [0.5, 0.6) is 0 Å². The number of nitrogens with zero attached hydrogens (tertiary/aromatic N) is 2. The van der Waals surface area contributed by atoms with E-state index >= 15 is 0 Å². The summed E-state index contributed by atoms with van der Waals surface area (Å²) in [5.74, 6) is 0.309.